The molecule has 2 rings (SSSR count). The Morgan fingerprint density at radius 2 is 2.21 bits per heavy atom. The summed E-state index contributed by atoms with van der Waals surface area (Å²) >= 11 is 9.72. The largest absolute Gasteiger partial charge is 0.330 e. The Morgan fingerprint density at radius 3 is 2.84 bits per heavy atom. The van der Waals surface area contributed by atoms with Crippen LogP contribution in [0.4, 0.5) is 0 Å². The second kappa shape index (κ2) is 7.07. The summed E-state index contributed by atoms with van der Waals surface area (Å²) in [6, 6.07) is 6.72. The molecule has 1 aliphatic rings. The molecule has 2 atom stereocenters. The van der Waals surface area contributed by atoms with Crippen molar-refractivity contribution in [1.29, 1.82) is 0 Å². The molecule has 106 valence electrons. The lowest BCUT2D eigenvalue weighted by molar-refractivity contribution is 0.166. The van der Waals surface area contributed by atoms with Gasteiger partial charge in [0.05, 0.1) is 5.02 Å². The van der Waals surface area contributed by atoms with Crippen molar-refractivity contribution in [3.63, 3.8) is 0 Å². The number of halogens is 2. The van der Waals surface area contributed by atoms with E-state index in [4.69, 9.17) is 17.3 Å². The molecular formula is C15H22BrClN2. The van der Waals surface area contributed by atoms with Crippen molar-refractivity contribution in [3.05, 3.63) is 33.3 Å². The quantitative estimate of drug-likeness (QED) is 0.888. The maximum atomic E-state index is 6.26. The highest BCUT2D eigenvalue weighted by molar-refractivity contribution is 9.10. The van der Waals surface area contributed by atoms with Crippen molar-refractivity contribution < 1.29 is 0 Å². The average Bonchev–Trinajstić information content (AvgIpc) is 2.63. The minimum Gasteiger partial charge on any atom is -0.330 e. The van der Waals surface area contributed by atoms with Gasteiger partial charge in [0.2, 0.25) is 0 Å². The molecule has 0 radical (unpaired) electrons. The van der Waals surface area contributed by atoms with Crippen LogP contribution in [0.1, 0.15) is 37.8 Å². The SMILES string of the molecule is CCN1CCCCC(CN)C1c1ccc(Br)c(Cl)c1. The van der Waals surface area contributed by atoms with Crippen LogP contribution >= 0.6 is 27.5 Å². The second-order valence-electron chi connectivity index (χ2n) is 5.24. The van der Waals surface area contributed by atoms with Crippen LogP contribution in [-0.2, 0) is 0 Å². The highest BCUT2D eigenvalue weighted by Crippen LogP contribution is 2.36. The van der Waals surface area contributed by atoms with Crippen molar-refractivity contribution in [2.24, 2.45) is 11.7 Å². The number of benzene rings is 1. The maximum Gasteiger partial charge on any atom is 0.0551 e. The first-order valence-electron chi connectivity index (χ1n) is 7.06. The minimum atomic E-state index is 0.406. The van der Waals surface area contributed by atoms with E-state index in [1.807, 2.05) is 6.07 Å². The zero-order valence-electron chi connectivity index (χ0n) is 11.4. The number of rotatable bonds is 3. The Labute approximate surface area is 129 Å². The van der Waals surface area contributed by atoms with Crippen molar-refractivity contribution >= 4 is 27.5 Å². The van der Waals surface area contributed by atoms with Gasteiger partial charge in [0.25, 0.3) is 0 Å². The molecule has 1 saturated heterocycles. The van der Waals surface area contributed by atoms with Gasteiger partial charge in [0, 0.05) is 10.5 Å². The highest BCUT2D eigenvalue weighted by Gasteiger charge is 2.29. The molecule has 0 aromatic heterocycles. The van der Waals surface area contributed by atoms with Crippen LogP contribution in [0.25, 0.3) is 0 Å². The maximum absolute atomic E-state index is 6.26. The number of nitrogens with zero attached hydrogens (tertiary/aromatic N) is 1. The summed E-state index contributed by atoms with van der Waals surface area (Å²) in [5.74, 6) is 0.527. The normalized spacial score (nSPS) is 25.3. The monoisotopic (exact) mass is 344 g/mol. The van der Waals surface area contributed by atoms with Crippen LogP contribution in [0.2, 0.25) is 5.02 Å². The van der Waals surface area contributed by atoms with Gasteiger partial charge in [-0.15, -0.1) is 0 Å². The number of nitrogens with two attached hydrogens (primary N) is 1. The van der Waals surface area contributed by atoms with Gasteiger partial charge in [-0.05, 0) is 72.0 Å². The molecule has 1 aromatic carbocycles. The average molecular weight is 346 g/mol. The Bertz CT molecular complexity index is 411. The molecule has 0 bridgehead atoms. The van der Waals surface area contributed by atoms with E-state index in [-0.39, 0.29) is 0 Å². The van der Waals surface area contributed by atoms with Crippen LogP contribution in [0, 0.1) is 5.92 Å². The first-order valence-corrected chi connectivity index (χ1v) is 8.23. The third kappa shape index (κ3) is 3.52. The van der Waals surface area contributed by atoms with Gasteiger partial charge >= 0.3 is 0 Å². The molecule has 0 amide bonds. The van der Waals surface area contributed by atoms with E-state index in [9.17, 15) is 0 Å². The van der Waals surface area contributed by atoms with Gasteiger partial charge in [0.15, 0.2) is 0 Å². The standard InChI is InChI=1S/C15H22BrClN2/c1-2-19-8-4-3-5-12(10-18)15(19)11-6-7-13(16)14(17)9-11/h6-7,9,12,15H,2-5,8,10,18H2,1H3. The number of likely N-dealkylation sites (tertiary alicyclic amines) is 1. The molecular weight excluding hydrogens is 324 g/mol. The summed E-state index contributed by atoms with van der Waals surface area (Å²) in [4.78, 5) is 2.55. The lowest BCUT2D eigenvalue weighted by Crippen LogP contribution is -2.35. The first kappa shape index (κ1) is 15.3. The topological polar surface area (TPSA) is 29.3 Å². The Balaban J connectivity index is 2.36. The fourth-order valence-electron chi connectivity index (χ4n) is 3.10. The summed E-state index contributed by atoms with van der Waals surface area (Å²) in [5, 5.41) is 0.786. The van der Waals surface area contributed by atoms with E-state index in [1.165, 1.54) is 24.8 Å². The molecule has 1 heterocycles. The van der Waals surface area contributed by atoms with Crippen molar-refractivity contribution in [2.75, 3.05) is 19.6 Å². The highest BCUT2D eigenvalue weighted by atomic mass is 79.9. The Kier molecular flexibility index (Phi) is 5.70. The lowest BCUT2D eigenvalue weighted by atomic mass is 9.89. The van der Waals surface area contributed by atoms with E-state index in [2.05, 4.69) is 39.9 Å². The smallest absolute Gasteiger partial charge is 0.0551 e. The van der Waals surface area contributed by atoms with Gasteiger partial charge in [-0.1, -0.05) is 31.0 Å². The predicted molar refractivity (Wildman–Crippen MR) is 85.5 cm³/mol. The zero-order valence-corrected chi connectivity index (χ0v) is 13.8. The zero-order chi connectivity index (χ0) is 13.8. The first-order chi connectivity index (χ1) is 9.17. The van der Waals surface area contributed by atoms with E-state index < -0.39 is 0 Å². The van der Waals surface area contributed by atoms with Crippen LogP contribution < -0.4 is 5.73 Å². The molecule has 0 saturated carbocycles. The number of hydrogen-bond donors (Lipinski definition) is 1. The van der Waals surface area contributed by atoms with E-state index >= 15 is 0 Å². The molecule has 1 aliphatic heterocycles. The van der Waals surface area contributed by atoms with Crippen molar-refractivity contribution in [1.82, 2.24) is 4.90 Å². The molecule has 19 heavy (non-hydrogen) atoms. The van der Waals surface area contributed by atoms with Gasteiger partial charge in [-0.3, -0.25) is 4.90 Å². The van der Waals surface area contributed by atoms with E-state index in [1.54, 1.807) is 0 Å². The van der Waals surface area contributed by atoms with Gasteiger partial charge in [-0.2, -0.15) is 0 Å². The summed E-state index contributed by atoms with van der Waals surface area (Å²) in [6.45, 7) is 5.20. The van der Waals surface area contributed by atoms with Gasteiger partial charge in [-0.25, -0.2) is 0 Å². The third-order valence-electron chi connectivity index (χ3n) is 4.10. The molecule has 0 spiro atoms. The minimum absolute atomic E-state index is 0.406. The molecule has 2 N–H and O–H groups in total. The molecule has 1 fully saturated rings. The summed E-state index contributed by atoms with van der Waals surface area (Å²) in [5.41, 5.74) is 7.31. The molecule has 1 aromatic rings. The van der Waals surface area contributed by atoms with E-state index in [0.717, 1.165) is 29.1 Å². The lowest BCUT2D eigenvalue weighted by Gasteiger charge is -2.34. The van der Waals surface area contributed by atoms with Crippen LogP contribution in [0.15, 0.2) is 22.7 Å². The third-order valence-corrected chi connectivity index (χ3v) is 5.34. The van der Waals surface area contributed by atoms with Crippen LogP contribution in [0.5, 0.6) is 0 Å². The molecule has 4 heteroatoms. The molecule has 2 unspecified atom stereocenters. The second-order valence-corrected chi connectivity index (χ2v) is 6.50. The fourth-order valence-corrected chi connectivity index (χ4v) is 3.53. The molecule has 2 nitrogen and oxygen atoms in total. The van der Waals surface area contributed by atoms with Gasteiger partial charge in [0.1, 0.15) is 0 Å². The fraction of sp³-hybridized carbons (Fsp3) is 0.600. The van der Waals surface area contributed by atoms with Crippen LogP contribution in [0.3, 0.4) is 0 Å². The Hall–Kier alpha value is -0.0900. The summed E-state index contributed by atoms with van der Waals surface area (Å²) < 4.78 is 0.957. The Morgan fingerprint density at radius 1 is 1.42 bits per heavy atom. The van der Waals surface area contributed by atoms with E-state index in [0.29, 0.717) is 12.0 Å². The molecule has 0 aliphatic carbocycles. The van der Waals surface area contributed by atoms with Crippen LogP contribution in [-0.4, -0.2) is 24.5 Å². The predicted octanol–water partition coefficient (Wildman–Crippen LogP) is 4.22. The van der Waals surface area contributed by atoms with Crippen molar-refractivity contribution in [2.45, 2.75) is 32.2 Å². The summed E-state index contributed by atoms with van der Waals surface area (Å²) in [7, 11) is 0. The van der Waals surface area contributed by atoms with Gasteiger partial charge < -0.3 is 5.73 Å². The number of hydrogen-bond acceptors (Lipinski definition) is 2. The summed E-state index contributed by atoms with van der Waals surface area (Å²) in [6.07, 6.45) is 3.76. The van der Waals surface area contributed by atoms with Crippen molar-refractivity contribution in [3.8, 4) is 0 Å².